The number of carbonyl (C=O) groups excluding carboxylic acids is 1. The molecule has 0 aliphatic rings. The van der Waals surface area contributed by atoms with Crippen molar-refractivity contribution in [2.24, 2.45) is 0 Å². The molecule has 0 fully saturated rings. The monoisotopic (exact) mass is 239 g/mol. The Morgan fingerprint density at radius 3 is 2.88 bits per heavy atom. The summed E-state index contributed by atoms with van der Waals surface area (Å²) in [4.78, 5) is 19.3. The number of nitrogens with one attached hydrogen (secondary N) is 3. The molecule has 0 bridgehead atoms. The molecule has 0 atom stereocenters. The molecule has 1 heterocycles. The largest absolute Gasteiger partial charge is 0.383 e. The molecule has 0 saturated heterocycles. The third kappa shape index (κ3) is 5.12. The van der Waals surface area contributed by atoms with E-state index in [0.29, 0.717) is 24.8 Å². The highest BCUT2D eigenvalue weighted by molar-refractivity contribution is 5.80. The summed E-state index contributed by atoms with van der Waals surface area (Å²) in [6.45, 7) is 1.18. The van der Waals surface area contributed by atoms with Crippen LogP contribution in [0.25, 0.3) is 0 Å². The van der Waals surface area contributed by atoms with Crippen molar-refractivity contribution in [3.05, 3.63) is 12.4 Å². The molecule has 0 aliphatic heterocycles. The molecule has 17 heavy (non-hydrogen) atoms. The number of hydrogen-bond donors (Lipinski definition) is 3. The summed E-state index contributed by atoms with van der Waals surface area (Å²) >= 11 is 0. The molecule has 7 heteroatoms. The van der Waals surface area contributed by atoms with Crippen molar-refractivity contribution >= 4 is 17.5 Å². The third-order valence-corrected chi connectivity index (χ3v) is 1.98. The van der Waals surface area contributed by atoms with Crippen molar-refractivity contribution in [1.82, 2.24) is 15.3 Å². The summed E-state index contributed by atoms with van der Waals surface area (Å²) in [6.07, 6.45) is 1.43. The molecule has 0 unspecified atom stereocenters. The van der Waals surface area contributed by atoms with Crippen molar-refractivity contribution in [3.63, 3.8) is 0 Å². The Kier molecular flexibility index (Phi) is 5.73. The van der Waals surface area contributed by atoms with Crippen LogP contribution in [0.1, 0.15) is 0 Å². The smallest absolute Gasteiger partial charge is 0.239 e. The van der Waals surface area contributed by atoms with E-state index in [1.165, 1.54) is 6.33 Å². The highest BCUT2D eigenvalue weighted by Crippen LogP contribution is 2.06. The molecular weight excluding hydrogens is 222 g/mol. The molecule has 7 nitrogen and oxygen atoms in total. The van der Waals surface area contributed by atoms with Crippen LogP contribution in [0.2, 0.25) is 0 Å². The highest BCUT2D eigenvalue weighted by atomic mass is 16.5. The summed E-state index contributed by atoms with van der Waals surface area (Å²) in [5.41, 5.74) is 0. The zero-order valence-electron chi connectivity index (χ0n) is 9.99. The second-order valence-electron chi connectivity index (χ2n) is 3.23. The van der Waals surface area contributed by atoms with Crippen LogP contribution in [0.3, 0.4) is 0 Å². The molecule has 1 rings (SSSR count). The summed E-state index contributed by atoms with van der Waals surface area (Å²) < 4.78 is 4.82. The van der Waals surface area contributed by atoms with Gasteiger partial charge in [-0.25, -0.2) is 9.97 Å². The van der Waals surface area contributed by atoms with Crippen molar-refractivity contribution in [1.29, 1.82) is 0 Å². The predicted molar refractivity (Wildman–Crippen MR) is 65.0 cm³/mol. The highest BCUT2D eigenvalue weighted by Gasteiger charge is 2.01. The van der Waals surface area contributed by atoms with E-state index < -0.39 is 0 Å². The third-order valence-electron chi connectivity index (χ3n) is 1.98. The first-order chi connectivity index (χ1) is 8.26. The van der Waals surface area contributed by atoms with E-state index in [1.54, 1.807) is 20.2 Å². The normalized spacial score (nSPS) is 9.76. The van der Waals surface area contributed by atoms with E-state index in [0.717, 1.165) is 0 Å². The Bertz CT molecular complexity index is 358. The van der Waals surface area contributed by atoms with Crippen molar-refractivity contribution in [2.45, 2.75) is 0 Å². The Morgan fingerprint density at radius 1 is 1.41 bits per heavy atom. The first-order valence-corrected chi connectivity index (χ1v) is 5.25. The molecule has 0 aromatic carbocycles. The molecule has 1 aromatic heterocycles. The van der Waals surface area contributed by atoms with E-state index in [9.17, 15) is 4.79 Å². The SMILES string of the molecule is CNc1cc(NCC(=O)NCCOC)ncn1. The maximum atomic E-state index is 11.4. The van der Waals surface area contributed by atoms with Gasteiger partial charge in [-0.05, 0) is 0 Å². The molecule has 0 saturated carbocycles. The second-order valence-corrected chi connectivity index (χ2v) is 3.23. The van der Waals surface area contributed by atoms with Gasteiger partial charge in [-0.2, -0.15) is 0 Å². The van der Waals surface area contributed by atoms with Crippen molar-refractivity contribution < 1.29 is 9.53 Å². The van der Waals surface area contributed by atoms with Crippen molar-refractivity contribution in [2.75, 3.05) is 44.5 Å². The van der Waals surface area contributed by atoms with Gasteiger partial charge in [0.15, 0.2) is 0 Å². The predicted octanol–water partition coefficient (Wildman–Crippen LogP) is -0.307. The lowest BCUT2D eigenvalue weighted by Gasteiger charge is -2.07. The average molecular weight is 239 g/mol. The van der Waals surface area contributed by atoms with Crippen LogP contribution in [0, 0.1) is 0 Å². The number of amides is 1. The van der Waals surface area contributed by atoms with Crippen LogP contribution in [0.4, 0.5) is 11.6 Å². The average Bonchev–Trinajstić information content (AvgIpc) is 2.37. The second kappa shape index (κ2) is 7.39. The van der Waals surface area contributed by atoms with Gasteiger partial charge in [0.25, 0.3) is 0 Å². The fourth-order valence-corrected chi connectivity index (χ4v) is 1.12. The Morgan fingerprint density at radius 2 is 2.18 bits per heavy atom. The van der Waals surface area contributed by atoms with Gasteiger partial charge < -0.3 is 20.7 Å². The van der Waals surface area contributed by atoms with Crippen LogP contribution in [0.5, 0.6) is 0 Å². The van der Waals surface area contributed by atoms with Gasteiger partial charge in [-0.15, -0.1) is 0 Å². The van der Waals surface area contributed by atoms with Gasteiger partial charge in [0.1, 0.15) is 18.0 Å². The minimum Gasteiger partial charge on any atom is -0.383 e. The molecule has 0 aliphatic carbocycles. The van der Waals surface area contributed by atoms with Crippen LogP contribution in [0.15, 0.2) is 12.4 Å². The Labute approximate surface area is 100.0 Å². The fourth-order valence-electron chi connectivity index (χ4n) is 1.12. The van der Waals surface area contributed by atoms with Gasteiger partial charge >= 0.3 is 0 Å². The molecular formula is C10H17N5O2. The first kappa shape index (κ1) is 13.2. The minimum atomic E-state index is -0.105. The number of carbonyl (C=O) groups is 1. The number of ether oxygens (including phenoxy) is 1. The number of hydrogen-bond acceptors (Lipinski definition) is 6. The fraction of sp³-hybridized carbons (Fsp3) is 0.500. The number of nitrogens with zero attached hydrogens (tertiary/aromatic N) is 2. The molecule has 1 aromatic rings. The molecule has 94 valence electrons. The van der Waals surface area contributed by atoms with Gasteiger partial charge in [0, 0.05) is 26.8 Å². The summed E-state index contributed by atoms with van der Waals surface area (Å²) in [6, 6.07) is 1.72. The Hall–Kier alpha value is -1.89. The number of aromatic nitrogens is 2. The lowest BCUT2D eigenvalue weighted by molar-refractivity contribution is -0.119. The lowest BCUT2D eigenvalue weighted by atomic mass is 10.5. The van der Waals surface area contributed by atoms with E-state index in [4.69, 9.17) is 4.74 Å². The van der Waals surface area contributed by atoms with Gasteiger partial charge in [0.05, 0.1) is 13.2 Å². The molecule has 0 spiro atoms. The topological polar surface area (TPSA) is 88.2 Å². The minimum absolute atomic E-state index is 0.105. The van der Waals surface area contributed by atoms with E-state index in [-0.39, 0.29) is 12.5 Å². The van der Waals surface area contributed by atoms with Gasteiger partial charge in [-0.3, -0.25) is 4.79 Å². The van der Waals surface area contributed by atoms with Gasteiger partial charge in [0.2, 0.25) is 5.91 Å². The number of rotatable bonds is 7. The summed E-state index contributed by atoms with van der Waals surface area (Å²) in [5, 5.41) is 8.49. The lowest BCUT2D eigenvalue weighted by Crippen LogP contribution is -2.32. The van der Waals surface area contributed by atoms with E-state index in [2.05, 4.69) is 25.9 Å². The summed E-state index contributed by atoms with van der Waals surface area (Å²) in [7, 11) is 3.36. The zero-order valence-corrected chi connectivity index (χ0v) is 9.99. The Balaban J connectivity index is 2.31. The maximum Gasteiger partial charge on any atom is 0.239 e. The first-order valence-electron chi connectivity index (χ1n) is 5.25. The summed E-state index contributed by atoms with van der Waals surface area (Å²) in [5.74, 6) is 1.19. The molecule has 1 amide bonds. The number of methoxy groups -OCH3 is 1. The molecule has 0 radical (unpaired) electrons. The van der Waals surface area contributed by atoms with Crippen molar-refractivity contribution in [3.8, 4) is 0 Å². The zero-order chi connectivity index (χ0) is 12.5. The van der Waals surface area contributed by atoms with Crippen LogP contribution >= 0.6 is 0 Å². The van der Waals surface area contributed by atoms with Crippen LogP contribution < -0.4 is 16.0 Å². The van der Waals surface area contributed by atoms with E-state index in [1.807, 2.05) is 0 Å². The standard InChI is InChI=1S/C10H17N5O2/c1-11-8-5-9(15-7-14-8)13-6-10(16)12-3-4-17-2/h5,7H,3-4,6H2,1-2H3,(H,12,16)(H2,11,13,14,15). The molecule has 3 N–H and O–H groups in total. The van der Waals surface area contributed by atoms with E-state index >= 15 is 0 Å². The van der Waals surface area contributed by atoms with Crippen LogP contribution in [-0.2, 0) is 9.53 Å². The quantitative estimate of drug-likeness (QED) is 0.566. The number of anilines is 2. The van der Waals surface area contributed by atoms with Crippen LogP contribution in [-0.4, -0.2) is 49.7 Å². The van der Waals surface area contributed by atoms with Gasteiger partial charge in [-0.1, -0.05) is 0 Å². The maximum absolute atomic E-state index is 11.4.